The Morgan fingerprint density at radius 3 is 3.00 bits per heavy atom. The number of carbonyl (C=O) groups is 1. The Balaban J connectivity index is 1.63. The number of rotatable bonds is 1. The molecule has 3 aliphatic rings. The minimum absolute atomic E-state index is 0.131. The number of likely N-dealkylation sites (N-methyl/N-ethyl adjacent to an activating group) is 1. The molecule has 3 heterocycles. The summed E-state index contributed by atoms with van der Waals surface area (Å²) in [6.45, 7) is 3.57. The second kappa shape index (κ2) is 5.76. The van der Waals surface area contributed by atoms with Crippen molar-refractivity contribution < 1.29 is 9.53 Å². The first kappa shape index (κ1) is 14.9. The molecule has 6 heteroatoms. The third kappa shape index (κ3) is 2.70. The van der Waals surface area contributed by atoms with E-state index in [0.29, 0.717) is 37.8 Å². The van der Waals surface area contributed by atoms with Crippen molar-refractivity contribution in [2.75, 3.05) is 39.9 Å². The highest BCUT2D eigenvalue weighted by Crippen LogP contribution is 2.22. The van der Waals surface area contributed by atoms with E-state index >= 15 is 0 Å². The van der Waals surface area contributed by atoms with Gasteiger partial charge in [0.1, 0.15) is 5.56 Å². The monoisotopic (exact) mass is 317 g/mol. The van der Waals surface area contributed by atoms with Crippen LogP contribution in [-0.4, -0.2) is 66.6 Å². The number of hydrogen-bond donors (Lipinski definition) is 1. The van der Waals surface area contributed by atoms with Crippen molar-refractivity contribution in [1.82, 2.24) is 14.8 Å². The van der Waals surface area contributed by atoms with E-state index in [9.17, 15) is 9.59 Å². The Hall–Kier alpha value is -1.66. The molecule has 0 unspecified atom stereocenters. The highest BCUT2D eigenvalue weighted by molar-refractivity contribution is 5.94. The van der Waals surface area contributed by atoms with Crippen LogP contribution in [0.3, 0.4) is 0 Å². The molecule has 2 atom stereocenters. The van der Waals surface area contributed by atoms with Gasteiger partial charge in [0.15, 0.2) is 0 Å². The highest BCUT2D eigenvalue weighted by Gasteiger charge is 2.34. The Morgan fingerprint density at radius 1 is 1.26 bits per heavy atom. The maximum absolute atomic E-state index is 13.0. The molecule has 4 rings (SSSR count). The van der Waals surface area contributed by atoms with E-state index in [1.54, 1.807) is 0 Å². The van der Waals surface area contributed by atoms with Gasteiger partial charge in [-0.25, -0.2) is 0 Å². The number of pyridine rings is 1. The van der Waals surface area contributed by atoms with Crippen LogP contribution < -0.4 is 5.56 Å². The third-order valence-corrected chi connectivity index (χ3v) is 5.35. The van der Waals surface area contributed by atoms with Gasteiger partial charge in [-0.3, -0.25) is 14.5 Å². The van der Waals surface area contributed by atoms with Crippen LogP contribution in [0.5, 0.6) is 0 Å². The van der Waals surface area contributed by atoms with Gasteiger partial charge in [0.2, 0.25) is 0 Å². The molecule has 1 aromatic heterocycles. The largest absolute Gasteiger partial charge is 0.379 e. The van der Waals surface area contributed by atoms with E-state index in [2.05, 4.69) is 16.9 Å². The summed E-state index contributed by atoms with van der Waals surface area (Å²) in [7, 11) is 2.09. The first-order chi connectivity index (χ1) is 11.1. The fourth-order valence-corrected chi connectivity index (χ4v) is 4.06. The molecular weight excluding hydrogens is 294 g/mol. The maximum Gasteiger partial charge on any atom is 0.261 e. The average Bonchev–Trinajstić information content (AvgIpc) is 2.80. The summed E-state index contributed by atoms with van der Waals surface area (Å²) in [5, 5.41) is 0. The molecule has 124 valence electrons. The fourth-order valence-electron chi connectivity index (χ4n) is 4.06. The van der Waals surface area contributed by atoms with Gasteiger partial charge < -0.3 is 14.6 Å². The lowest BCUT2D eigenvalue weighted by Crippen LogP contribution is -2.45. The number of aromatic nitrogens is 1. The maximum atomic E-state index is 13.0. The van der Waals surface area contributed by atoms with Crippen molar-refractivity contribution in [3.8, 4) is 0 Å². The summed E-state index contributed by atoms with van der Waals surface area (Å²) in [5.41, 5.74) is 2.19. The number of amides is 1. The first-order valence-corrected chi connectivity index (χ1v) is 8.44. The fraction of sp³-hybridized carbons (Fsp3) is 0.647. The van der Waals surface area contributed by atoms with Crippen molar-refractivity contribution in [3.05, 3.63) is 33.2 Å². The normalized spacial score (nSPS) is 27.6. The van der Waals surface area contributed by atoms with Crippen LogP contribution in [0.2, 0.25) is 0 Å². The Bertz CT molecular complexity index is 684. The molecule has 0 saturated carbocycles. The Morgan fingerprint density at radius 2 is 2.13 bits per heavy atom. The molecule has 0 spiro atoms. The summed E-state index contributed by atoms with van der Waals surface area (Å²) >= 11 is 0. The SMILES string of the molecule is CN1C[C@H]2COC[C@@H]1CN(C(=O)c1cc3c([nH]c1=O)CCC3)C2. The van der Waals surface area contributed by atoms with Gasteiger partial charge in [0.25, 0.3) is 11.5 Å². The first-order valence-electron chi connectivity index (χ1n) is 8.44. The molecule has 1 amide bonds. The minimum atomic E-state index is -0.241. The smallest absolute Gasteiger partial charge is 0.261 e. The van der Waals surface area contributed by atoms with Gasteiger partial charge in [-0.05, 0) is 37.9 Å². The van der Waals surface area contributed by atoms with Crippen LogP contribution in [0, 0.1) is 5.92 Å². The van der Waals surface area contributed by atoms with Crippen LogP contribution in [0.1, 0.15) is 28.0 Å². The molecule has 1 aliphatic carbocycles. The second-order valence-corrected chi connectivity index (χ2v) is 7.08. The molecule has 2 bridgehead atoms. The number of nitrogens with one attached hydrogen (secondary N) is 1. The van der Waals surface area contributed by atoms with Gasteiger partial charge in [-0.15, -0.1) is 0 Å². The summed E-state index contributed by atoms with van der Waals surface area (Å²) < 4.78 is 5.70. The number of carbonyl (C=O) groups excluding carboxylic acids is 1. The number of nitrogens with zero attached hydrogens (tertiary/aromatic N) is 2. The summed E-state index contributed by atoms with van der Waals surface area (Å²) in [5.74, 6) is 0.179. The molecule has 23 heavy (non-hydrogen) atoms. The van der Waals surface area contributed by atoms with Crippen molar-refractivity contribution in [2.45, 2.75) is 25.3 Å². The summed E-state index contributed by atoms with van der Waals surface area (Å²) in [4.78, 5) is 32.3. The van der Waals surface area contributed by atoms with E-state index < -0.39 is 0 Å². The van der Waals surface area contributed by atoms with E-state index in [4.69, 9.17) is 4.74 Å². The average molecular weight is 317 g/mol. The molecule has 1 N–H and O–H groups in total. The van der Waals surface area contributed by atoms with Crippen LogP contribution in [-0.2, 0) is 17.6 Å². The zero-order chi connectivity index (χ0) is 16.0. The highest BCUT2D eigenvalue weighted by atomic mass is 16.5. The number of hydrogen-bond acceptors (Lipinski definition) is 4. The van der Waals surface area contributed by atoms with Crippen LogP contribution >= 0.6 is 0 Å². The number of aryl methyl sites for hydroxylation is 2. The molecule has 2 saturated heterocycles. The van der Waals surface area contributed by atoms with Crippen LogP contribution in [0.25, 0.3) is 0 Å². The minimum Gasteiger partial charge on any atom is -0.379 e. The predicted octanol–water partition coefficient (Wildman–Crippen LogP) is 0.266. The van der Waals surface area contributed by atoms with Crippen molar-refractivity contribution in [3.63, 3.8) is 0 Å². The molecule has 6 nitrogen and oxygen atoms in total. The van der Waals surface area contributed by atoms with Crippen LogP contribution in [0.15, 0.2) is 10.9 Å². The number of H-pyrrole nitrogens is 1. The number of aromatic amines is 1. The van der Waals surface area contributed by atoms with Gasteiger partial charge in [-0.1, -0.05) is 0 Å². The zero-order valence-electron chi connectivity index (χ0n) is 13.5. The topological polar surface area (TPSA) is 65.6 Å². The van der Waals surface area contributed by atoms with Gasteiger partial charge in [0, 0.05) is 31.2 Å². The van der Waals surface area contributed by atoms with E-state index in [-0.39, 0.29) is 17.5 Å². The molecular formula is C17H23N3O3. The summed E-state index contributed by atoms with van der Waals surface area (Å²) in [6.07, 6.45) is 2.92. The van der Waals surface area contributed by atoms with Gasteiger partial charge in [-0.2, -0.15) is 0 Å². The lowest BCUT2D eigenvalue weighted by Gasteiger charge is -2.29. The molecule has 2 fully saturated rings. The lowest BCUT2D eigenvalue weighted by atomic mass is 10.1. The van der Waals surface area contributed by atoms with Crippen molar-refractivity contribution >= 4 is 5.91 Å². The second-order valence-electron chi connectivity index (χ2n) is 7.08. The Kier molecular flexibility index (Phi) is 3.73. The quantitative estimate of drug-likeness (QED) is 0.807. The van der Waals surface area contributed by atoms with Crippen molar-refractivity contribution in [1.29, 1.82) is 0 Å². The molecule has 1 aromatic rings. The van der Waals surface area contributed by atoms with E-state index in [1.165, 1.54) is 0 Å². The van der Waals surface area contributed by atoms with E-state index in [1.807, 2.05) is 11.0 Å². The van der Waals surface area contributed by atoms with Crippen LogP contribution in [0.4, 0.5) is 0 Å². The molecule has 0 radical (unpaired) electrons. The third-order valence-electron chi connectivity index (χ3n) is 5.35. The van der Waals surface area contributed by atoms with E-state index in [0.717, 1.165) is 37.1 Å². The van der Waals surface area contributed by atoms with Crippen molar-refractivity contribution in [2.24, 2.45) is 5.92 Å². The van der Waals surface area contributed by atoms with Gasteiger partial charge >= 0.3 is 0 Å². The predicted molar refractivity (Wildman–Crippen MR) is 85.7 cm³/mol. The van der Waals surface area contributed by atoms with Gasteiger partial charge in [0.05, 0.1) is 19.3 Å². The standard InChI is InChI=1S/C17H23N3O3/c1-19-6-11-7-20(8-13(19)10-23-9-11)17(22)14-5-12-3-2-4-15(12)18-16(14)21/h5,11,13H,2-4,6-10H2,1H3,(H,18,21)/t11-,13+/m1/s1. The Labute approximate surface area is 135 Å². The number of ether oxygens (including phenoxy) is 1. The number of fused-ring (bicyclic) bond motifs is 4. The lowest BCUT2D eigenvalue weighted by molar-refractivity contribution is 0.0432. The summed E-state index contributed by atoms with van der Waals surface area (Å²) in [6, 6.07) is 2.03. The molecule has 0 aromatic carbocycles. The molecule has 2 aliphatic heterocycles. The zero-order valence-corrected chi connectivity index (χ0v) is 13.5.